The molecule has 1 heterocycles. The van der Waals surface area contributed by atoms with Gasteiger partial charge in [0, 0.05) is 25.2 Å². The van der Waals surface area contributed by atoms with Crippen LogP contribution in [0, 0.1) is 16.0 Å². The predicted molar refractivity (Wildman–Crippen MR) is 70.5 cm³/mol. The topological polar surface area (TPSA) is 89.5 Å². The average molecular weight is 263 g/mol. The summed E-state index contributed by atoms with van der Waals surface area (Å²) < 4.78 is 0. The Bertz CT molecular complexity index is 490. The highest BCUT2D eigenvalue weighted by Crippen LogP contribution is 2.18. The van der Waals surface area contributed by atoms with E-state index < -0.39 is 4.92 Å². The summed E-state index contributed by atoms with van der Waals surface area (Å²) in [7, 11) is 0. The van der Waals surface area contributed by atoms with Crippen LogP contribution in [0.4, 0.5) is 5.69 Å². The molecule has 0 saturated carbocycles. The fourth-order valence-electron chi connectivity index (χ4n) is 2.32. The van der Waals surface area contributed by atoms with Crippen LogP contribution in [0.25, 0.3) is 0 Å². The van der Waals surface area contributed by atoms with Crippen molar-refractivity contribution in [3.63, 3.8) is 0 Å². The maximum absolute atomic E-state index is 12.1. The van der Waals surface area contributed by atoms with Crippen molar-refractivity contribution in [2.75, 3.05) is 19.6 Å². The van der Waals surface area contributed by atoms with E-state index in [4.69, 9.17) is 5.73 Å². The van der Waals surface area contributed by atoms with Crippen molar-refractivity contribution in [3.05, 3.63) is 39.9 Å². The van der Waals surface area contributed by atoms with Gasteiger partial charge in [0.05, 0.1) is 11.3 Å². The second-order valence-corrected chi connectivity index (χ2v) is 4.83. The molecule has 1 fully saturated rings. The number of nitro groups is 1. The summed E-state index contributed by atoms with van der Waals surface area (Å²) in [5.74, 6) is 0.394. The zero-order valence-corrected chi connectivity index (χ0v) is 10.6. The molecule has 1 amide bonds. The zero-order chi connectivity index (χ0) is 13.8. The van der Waals surface area contributed by atoms with E-state index in [0.717, 1.165) is 13.0 Å². The third-order valence-corrected chi connectivity index (χ3v) is 3.45. The quantitative estimate of drug-likeness (QED) is 0.646. The number of likely N-dealkylation sites (tertiary alicyclic amines) is 1. The first-order chi connectivity index (χ1) is 9.10. The number of rotatable bonds is 4. The molecule has 1 saturated heterocycles. The summed E-state index contributed by atoms with van der Waals surface area (Å²) in [6.45, 7) is 2.03. The van der Waals surface area contributed by atoms with Gasteiger partial charge in [-0.1, -0.05) is 12.1 Å². The standard InChI is InChI=1S/C13H17N3O3/c14-8-11-4-5-15(9-11)13(17)7-10-2-1-3-12(6-10)16(18)19/h1-3,6,11H,4-5,7-9,14H2. The van der Waals surface area contributed by atoms with E-state index in [9.17, 15) is 14.9 Å². The molecule has 0 spiro atoms. The molecule has 6 nitrogen and oxygen atoms in total. The first kappa shape index (κ1) is 13.5. The highest BCUT2D eigenvalue weighted by Gasteiger charge is 2.25. The van der Waals surface area contributed by atoms with Crippen molar-refractivity contribution >= 4 is 11.6 Å². The molecule has 1 unspecified atom stereocenters. The minimum atomic E-state index is -0.450. The summed E-state index contributed by atoms with van der Waals surface area (Å²) in [4.78, 5) is 24.1. The van der Waals surface area contributed by atoms with Crippen molar-refractivity contribution in [1.82, 2.24) is 4.90 Å². The highest BCUT2D eigenvalue weighted by molar-refractivity contribution is 5.79. The molecule has 6 heteroatoms. The van der Waals surface area contributed by atoms with Crippen LogP contribution in [0.2, 0.25) is 0 Å². The van der Waals surface area contributed by atoms with Gasteiger partial charge in [0.25, 0.3) is 5.69 Å². The Hall–Kier alpha value is -1.95. The Morgan fingerprint density at radius 3 is 2.95 bits per heavy atom. The van der Waals surface area contributed by atoms with Crippen LogP contribution >= 0.6 is 0 Å². The first-order valence-electron chi connectivity index (χ1n) is 6.31. The third-order valence-electron chi connectivity index (χ3n) is 3.45. The summed E-state index contributed by atoms with van der Waals surface area (Å²) in [6, 6.07) is 6.22. The van der Waals surface area contributed by atoms with Crippen LogP contribution < -0.4 is 5.73 Å². The van der Waals surface area contributed by atoms with Gasteiger partial charge in [-0.05, 0) is 24.4 Å². The molecule has 1 aromatic carbocycles. The van der Waals surface area contributed by atoms with Gasteiger partial charge in [0.15, 0.2) is 0 Å². The second-order valence-electron chi connectivity index (χ2n) is 4.83. The van der Waals surface area contributed by atoms with Crippen LogP contribution in [0.15, 0.2) is 24.3 Å². The molecule has 2 N–H and O–H groups in total. The lowest BCUT2D eigenvalue weighted by atomic mass is 10.1. The van der Waals surface area contributed by atoms with Crippen LogP contribution in [0.3, 0.4) is 0 Å². The first-order valence-corrected chi connectivity index (χ1v) is 6.31. The second kappa shape index (κ2) is 5.79. The number of carbonyl (C=O) groups is 1. The number of hydrogen-bond donors (Lipinski definition) is 1. The Balaban J connectivity index is 1.99. The molecule has 19 heavy (non-hydrogen) atoms. The normalized spacial score (nSPS) is 18.6. The molecule has 0 radical (unpaired) electrons. The number of benzene rings is 1. The molecular weight excluding hydrogens is 246 g/mol. The van der Waals surface area contributed by atoms with E-state index in [1.165, 1.54) is 12.1 Å². The maximum atomic E-state index is 12.1. The number of nitrogens with zero attached hydrogens (tertiary/aromatic N) is 2. The van der Waals surface area contributed by atoms with E-state index >= 15 is 0 Å². The van der Waals surface area contributed by atoms with Gasteiger partial charge in [-0.25, -0.2) is 0 Å². The summed E-state index contributed by atoms with van der Waals surface area (Å²) in [5.41, 5.74) is 6.29. The lowest BCUT2D eigenvalue weighted by Crippen LogP contribution is -2.31. The van der Waals surface area contributed by atoms with Crippen LogP contribution in [0.1, 0.15) is 12.0 Å². The number of nitrogens with two attached hydrogens (primary N) is 1. The van der Waals surface area contributed by atoms with Gasteiger partial charge >= 0.3 is 0 Å². The molecule has 1 aromatic rings. The molecule has 2 rings (SSSR count). The van der Waals surface area contributed by atoms with Gasteiger partial charge < -0.3 is 10.6 Å². The number of carbonyl (C=O) groups excluding carboxylic acids is 1. The number of non-ortho nitro benzene ring substituents is 1. The number of hydrogen-bond acceptors (Lipinski definition) is 4. The molecule has 0 aliphatic carbocycles. The van der Waals surface area contributed by atoms with E-state index in [1.54, 1.807) is 17.0 Å². The summed E-state index contributed by atoms with van der Waals surface area (Å²) in [5, 5.41) is 10.7. The average Bonchev–Trinajstić information content (AvgIpc) is 2.88. The van der Waals surface area contributed by atoms with Crippen LogP contribution in [-0.2, 0) is 11.2 Å². The van der Waals surface area contributed by atoms with Crippen molar-refractivity contribution in [2.45, 2.75) is 12.8 Å². The van der Waals surface area contributed by atoms with Crippen molar-refractivity contribution in [1.29, 1.82) is 0 Å². The van der Waals surface area contributed by atoms with E-state index in [-0.39, 0.29) is 18.0 Å². The van der Waals surface area contributed by atoms with Crippen molar-refractivity contribution < 1.29 is 9.72 Å². The van der Waals surface area contributed by atoms with Gasteiger partial charge in [-0.2, -0.15) is 0 Å². The number of amides is 1. The Morgan fingerprint density at radius 1 is 1.53 bits per heavy atom. The Morgan fingerprint density at radius 2 is 2.32 bits per heavy atom. The Labute approximate surface area is 111 Å². The highest BCUT2D eigenvalue weighted by atomic mass is 16.6. The van der Waals surface area contributed by atoms with Gasteiger partial charge in [0.1, 0.15) is 0 Å². The lowest BCUT2D eigenvalue weighted by Gasteiger charge is -2.16. The Kier molecular flexibility index (Phi) is 4.11. The van der Waals surface area contributed by atoms with Crippen molar-refractivity contribution in [2.24, 2.45) is 11.7 Å². The van der Waals surface area contributed by atoms with Crippen LogP contribution in [0.5, 0.6) is 0 Å². The van der Waals surface area contributed by atoms with Crippen LogP contribution in [-0.4, -0.2) is 35.4 Å². The van der Waals surface area contributed by atoms with Gasteiger partial charge in [-0.15, -0.1) is 0 Å². The molecule has 1 aliphatic heterocycles. The molecule has 102 valence electrons. The minimum Gasteiger partial charge on any atom is -0.342 e. The maximum Gasteiger partial charge on any atom is 0.269 e. The summed E-state index contributed by atoms with van der Waals surface area (Å²) >= 11 is 0. The van der Waals surface area contributed by atoms with E-state index in [0.29, 0.717) is 24.6 Å². The van der Waals surface area contributed by atoms with E-state index in [1.807, 2.05) is 0 Å². The fourth-order valence-corrected chi connectivity index (χ4v) is 2.32. The van der Waals surface area contributed by atoms with E-state index in [2.05, 4.69) is 0 Å². The SMILES string of the molecule is NCC1CCN(C(=O)Cc2cccc([N+](=O)[O-])c2)C1. The molecule has 1 aliphatic rings. The largest absolute Gasteiger partial charge is 0.342 e. The molecular formula is C13H17N3O3. The zero-order valence-electron chi connectivity index (χ0n) is 10.6. The van der Waals surface area contributed by atoms with Gasteiger partial charge in [0.2, 0.25) is 5.91 Å². The predicted octanol–water partition coefficient (Wildman–Crippen LogP) is 0.944. The monoisotopic (exact) mass is 263 g/mol. The molecule has 0 aromatic heterocycles. The van der Waals surface area contributed by atoms with Gasteiger partial charge in [-0.3, -0.25) is 14.9 Å². The third kappa shape index (κ3) is 3.29. The summed E-state index contributed by atoms with van der Waals surface area (Å²) in [6.07, 6.45) is 1.15. The minimum absolute atomic E-state index is 0.0106. The lowest BCUT2D eigenvalue weighted by molar-refractivity contribution is -0.384. The molecule has 1 atom stereocenters. The van der Waals surface area contributed by atoms with Crippen molar-refractivity contribution in [3.8, 4) is 0 Å². The number of nitro benzene ring substituents is 1. The smallest absolute Gasteiger partial charge is 0.269 e. The molecule has 0 bridgehead atoms. The fraction of sp³-hybridized carbons (Fsp3) is 0.462.